The molecule has 138 valence electrons. The molecule has 1 atom stereocenters. The van der Waals surface area contributed by atoms with Gasteiger partial charge >= 0.3 is 11.9 Å². The first-order valence-corrected chi connectivity index (χ1v) is 8.40. The summed E-state index contributed by atoms with van der Waals surface area (Å²) in [6.45, 7) is 5.54. The SMILES string of the molecule is CCOC(=O)C(C)(CCC(=O)O)c1cncc(Nc2ccc(C)cc2)n1. The molecule has 2 aromatic rings. The topological polar surface area (TPSA) is 101 Å². The second-order valence-corrected chi connectivity index (χ2v) is 6.23. The molecular formula is C19H23N3O4. The van der Waals surface area contributed by atoms with E-state index in [2.05, 4.69) is 15.3 Å². The molecular weight excluding hydrogens is 334 g/mol. The van der Waals surface area contributed by atoms with E-state index >= 15 is 0 Å². The lowest BCUT2D eigenvalue weighted by molar-refractivity contribution is -0.150. The number of carboxylic acids is 1. The summed E-state index contributed by atoms with van der Waals surface area (Å²) < 4.78 is 5.15. The van der Waals surface area contributed by atoms with Gasteiger partial charge in [-0.15, -0.1) is 0 Å². The van der Waals surface area contributed by atoms with E-state index in [9.17, 15) is 9.59 Å². The molecule has 7 heteroatoms. The molecule has 0 amide bonds. The van der Waals surface area contributed by atoms with Crippen LogP contribution in [-0.2, 0) is 19.7 Å². The molecule has 0 saturated heterocycles. The van der Waals surface area contributed by atoms with E-state index in [1.807, 2.05) is 31.2 Å². The van der Waals surface area contributed by atoms with Crippen molar-refractivity contribution in [3.63, 3.8) is 0 Å². The van der Waals surface area contributed by atoms with Crippen molar-refractivity contribution >= 4 is 23.4 Å². The number of aromatic nitrogens is 2. The number of esters is 1. The van der Waals surface area contributed by atoms with Crippen LogP contribution in [0.5, 0.6) is 0 Å². The molecule has 0 aliphatic heterocycles. The van der Waals surface area contributed by atoms with E-state index in [0.717, 1.165) is 11.3 Å². The fourth-order valence-corrected chi connectivity index (χ4v) is 2.46. The standard InChI is InChI=1S/C19H23N3O4/c1-4-26-18(25)19(3,10-9-17(23)24)15-11-20-12-16(22-15)21-14-7-5-13(2)6-8-14/h5-8,11-12H,4,9-10H2,1-3H3,(H,21,22)(H,23,24). The average Bonchev–Trinajstić information content (AvgIpc) is 2.62. The minimum absolute atomic E-state index is 0.0732. The van der Waals surface area contributed by atoms with Gasteiger partial charge in [0.1, 0.15) is 11.2 Å². The van der Waals surface area contributed by atoms with Crippen molar-refractivity contribution in [3.8, 4) is 0 Å². The number of carboxylic acid groups (broad SMARTS) is 1. The van der Waals surface area contributed by atoms with E-state index in [1.165, 1.54) is 6.20 Å². The number of carbonyl (C=O) groups excluding carboxylic acids is 1. The number of carbonyl (C=O) groups is 2. The maximum Gasteiger partial charge on any atom is 0.317 e. The van der Waals surface area contributed by atoms with Gasteiger partial charge in [0, 0.05) is 18.3 Å². The lowest BCUT2D eigenvalue weighted by Crippen LogP contribution is -2.36. The maximum atomic E-state index is 12.5. The summed E-state index contributed by atoms with van der Waals surface area (Å²) in [7, 11) is 0. The van der Waals surface area contributed by atoms with Gasteiger partial charge < -0.3 is 15.2 Å². The first-order valence-electron chi connectivity index (χ1n) is 8.40. The Morgan fingerprint density at radius 1 is 1.23 bits per heavy atom. The Morgan fingerprint density at radius 3 is 2.54 bits per heavy atom. The minimum Gasteiger partial charge on any atom is -0.481 e. The first-order chi connectivity index (χ1) is 12.3. The molecule has 0 saturated carbocycles. The molecule has 0 aliphatic carbocycles. The van der Waals surface area contributed by atoms with Gasteiger partial charge in [-0.25, -0.2) is 4.98 Å². The highest BCUT2D eigenvalue weighted by atomic mass is 16.5. The molecule has 0 bridgehead atoms. The third kappa shape index (κ3) is 4.78. The molecule has 1 aromatic heterocycles. The highest BCUT2D eigenvalue weighted by Crippen LogP contribution is 2.30. The molecule has 0 aliphatic rings. The third-order valence-electron chi connectivity index (χ3n) is 4.09. The van der Waals surface area contributed by atoms with Crippen molar-refractivity contribution in [2.75, 3.05) is 11.9 Å². The second kappa shape index (κ2) is 8.42. The van der Waals surface area contributed by atoms with Crippen molar-refractivity contribution in [1.82, 2.24) is 9.97 Å². The zero-order valence-electron chi connectivity index (χ0n) is 15.2. The Labute approximate surface area is 152 Å². The molecule has 1 heterocycles. The maximum absolute atomic E-state index is 12.5. The molecule has 7 nitrogen and oxygen atoms in total. The number of anilines is 2. The normalized spacial score (nSPS) is 12.9. The van der Waals surface area contributed by atoms with Gasteiger partial charge in [0.05, 0.1) is 18.5 Å². The van der Waals surface area contributed by atoms with Crippen LogP contribution in [0.2, 0.25) is 0 Å². The lowest BCUT2D eigenvalue weighted by Gasteiger charge is -2.26. The van der Waals surface area contributed by atoms with Crippen LogP contribution in [0.3, 0.4) is 0 Å². The summed E-state index contributed by atoms with van der Waals surface area (Å²) in [6.07, 6.45) is 2.92. The number of ether oxygens (including phenoxy) is 1. The monoisotopic (exact) mass is 357 g/mol. The zero-order valence-corrected chi connectivity index (χ0v) is 15.2. The Balaban J connectivity index is 2.31. The lowest BCUT2D eigenvalue weighted by atomic mass is 9.82. The second-order valence-electron chi connectivity index (χ2n) is 6.23. The molecule has 0 fully saturated rings. The summed E-state index contributed by atoms with van der Waals surface area (Å²) in [5.41, 5.74) is 1.16. The number of hydrogen-bond donors (Lipinski definition) is 2. The third-order valence-corrected chi connectivity index (χ3v) is 4.09. The van der Waals surface area contributed by atoms with Gasteiger partial charge in [0.15, 0.2) is 0 Å². The highest BCUT2D eigenvalue weighted by Gasteiger charge is 2.39. The Hall–Kier alpha value is -2.96. The minimum atomic E-state index is -1.19. The number of benzene rings is 1. The van der Waals surface area contributed by atoms with Gasteiger partial charge in [0.2, 0.25) is 0 Å². The van der Waals surface area contributed by atoms with Crippen molar-refractivity contribution in [2.45, 2.75) is 39.0 Å². The summed E-state index contributed by atoms with van der Waals surface area (Å²) in [5.74, 6) is -1.03. The highest BCUT2D eigenvalue weighted by molar-refractivity contribution is 5.83. The number of hydrogen-bond acceptors (Lipinski definition) is 6. The Kier molecular flexibility index (Phi) is 6.27. The van der Waals surface area contributed by atoms with Crippen LogP contribution in [0.25, 0.3) is 0 Å². The smallest absolute Gasteiger partial charge is 0.317 e. The molecule has 2 rings (SSSR count). The van der Waals surface area contributed by atoms with Crippen molar-refractivity contribution in [3.05, 3.63) is 47.9 Å². The van der Waals surface area contributed by atoms with Crippen molar-refractivity contribution < 1.29 is 19.4 Å². The molecule has 26 heavy (non-hydrogen) atoms. The van der Waals surface area contributed by atoms with Gasteiger partial charge in [-0.3, -0.25) is 14.6 Å². The summed E-state index contributed by atoms with van der Waals surface area (Å²) >= 11 is 0. The van der Waals surface area contributed by atoms with E-state index in [4.69, 9.17) is 9.84 Å². The fourth-order valence-electron chi connectivity index (χ4n) is 2.46. The number of rotatable bonds is 8. The van der Waals surface area contributed by atoms with Gasteiger partial charge in [-0.05, 0) is 39.3 Å². The van der Waals surface area contributed by atoms with Crippen molar-refractivity contribution in [1.29, 1.82) is 0 Å². The van der Waals surface area contributed by atoms with Gasteiger partial charge in [0.25, 0.3) is 0 Å². The summed E-state index contributed by atoms with van der Waals surface area (Å²) in [5, 5.41) is 12.1. The van der Waals surface area contributed by atoms with Crippen LogP contribution >= 0.6 is 0 Å². The number of aryl methyl sites for hydroxylation is 1. The quantitative estimate of drug-likeness (QED) is 0.699. The summed E-state index contributed by atoms with van der Waals surface area (Å²) in [4.78, 5) is 32.1. The van der Waals surface area contributed by atoms with Gasteiger partial charge in [-0.2, -0.15) is 0 Å². The molecule has 0 radical (unpaired) electrons. The zero-order chi connectivity index (χ0) is 19.2. The molecule has 1 aromatic carbocycles. The fraction of sp³-hybridized carbons (Fsp3) is 0.368. The Bertz CT molecular complexity index is 777. The van der Waals surface area contributed by atoms with Crippen LogP contribution in [0.4, 0.5) is 11.5 Å². The van der Waals surface area contributed by atoms with Crippen LogP contribution in [0, 0.1) is 6.92 Å². The van der Waals surface area contributed by atoms with Crippen LogP contribution < -0.4 is 5.32 Å². The summed E-state index contributed by atoms with van der Waals surface area (Å²) in [6, 6.07) is 7.77. The largest absolute Gasteiger partial charge is 0.481 e. The number of aliphatic carboxylic acids is 1. The Morgan fingerprint density at radius 2 is 1.92 bits per heavy atom. The van der Waals surface area contributed by atoms with Crippen LogP contribution in [0.1, 0.15) is 37.9 Å². The van der Waals surface area contributed by atoms with E-state index in [0.29, 0.717) is 11.5 Å². The average molecular weight is 357 g/mol. The van der Waals surface area contributed by atoms with Crippen LogP contribution in [-0.4, -0.2) is 33.6 Å². The predicted molar refractivity (Wildman–Crippen MR) is 97.3 cm³/mol. The van der Waals surface area contributed by atoms with E-state index in [1.54, 1.807) is 20.0 Å². The molecule has 0 spiro atoms. The first kappa shape index (κ1) is 19.4. The van der Waals surface area contributed by atoms with Crippen molar-refractivity contribution in [2.24, 2.45) is 0 Å². The predicted octanol–water partition coefficient (Wildman–Crippen LogP) is 3.21. The molecule has 1 unspecified atom stereocenters. The number of nitrogens with zero attached hydrogens (tertiary/aromatic N) is 2. The number of nitrogens with one attached hydrogen (secondary N) is 1. The van der Waals surface area contributed by atoms with Gasteiger partial charge in [-0.1, -0.05) is 17.7 Å². The molecule has 2 N–H and O–H groups in total. The van der Waals surface area contributed by atoms with E-state index < -0.39 is 17.4 Å². The van der Waals surface area contributed by atoms with E-state index in [-0.39, 0.29) is 19.4 Å². The van der Waals surface area contributed by atoms with Crippen LogP contribution in [0.15, 0.2) is 36.7 Å².